The van der Waals surface area contributed by atoms with Crippen molar-refractivity contribution in [3.05, 3.63) is 64.3 Å². The zero-order valence-electron chi connectivity index (χ0n) is 12.9. The molecule has 1 heterocycles. The topological polar surface area (TPSA) is 85.6 Å². The van der Waals surface area contributed by atoms with Crippen LogP contribution in [0.5, 0.6) is 5.75 Å². The Labute approximate surface area is 133 Å². The molecule has 1 unspecified atom stereocenters. The van der Waals surface area contributed by atoms with Crippen LogP contribution in [-0.2, 0) is 4.79 Å². The maximum Gasteiger partial charge on any atom is 0.406 e. The molecule has 0 aliphatic rings. The van der Waals surface area contributed by atoms with E-state index in [2.05, 4.69) is 4.98 Å². The van der Waals surface area contributed by atoms with Crippen molar-refractivity contribution in [2.45, 2.75) is 13.0 Å². The van der Waals surface area contributed by atoms with Crippen LogP contribution in [0.1, 0.15) is 18.5 Å². The SMILES string of the molecule is CC(c1ccccc1)N(C)C(=O)COc1cccnc1[N+](=O)[O-]. The van der Waals surface area contributed by atoms with Crippen LogP contribution in [0.3, 0.4) is 0 Å². The Morgan fingerprint density at radius 1 is 1.30 bits per heavy atom. The van der Waals surface area contributed by atoms with Gasteiger partial charge in [-0.3, -0.25) is 4.79 Å². The lowest BCUT2D eigenvalue weighted by atomic mass is 10.1. The lowest BCUT2D eigenvalue weighted by Crippen LogP contribution is -2.33. The molecule has 7 heteroatoms. The molecule has 0 saturated carbocycles. The van der Waals surface area contributed by atoms with Crippen molar-refractivity contribution < 1.29 is 14.5 Å². The Morgan fingerprint density at radius 2 is 2.00 bits per heavy atom. The summed E-state index contributed by atoms with van der Waals surface area (Å²) < 4.78 is 5.27. The second-order valence-corrected chi connectivity index (χ2v) is 4.96. The normalized spacial score (nSPS) is 11.6. The number of nitro groups is 1. The van der Waals surface area contributed by atoms with Gasteiger partial charge in [-0.15, -0.1) is 0 Å². The number of hydrogen-bond donors (Lipinski definition) is 0. The first-order valence-corrected chi connectivity index (χ1v) is 7.03. The van der Waals surface area contributed by atoms with Gasteiger partial charge in [0.2, 0.25) is 5.75 Å². The van der Waals surface area contributed by atoms with Gasteiger partial charge in [0.15, 0.2) is 6.61 Å². The predicted molar refractivity (Wildman–Crippen MR) is 84.0 cm³/mol. The summed E-state index contributed by atoms with van der Waals surface area (Å²) in [4.78, 5) is 27.6. The van der Waals surface area contributed by atoms with Gasteiger partial charge in [0, 0.05) is 7.05 Å². The van der Waals surface area contributed by atoms with Crippen LogP contribution in [-0.4, -0.2) is 34.4 Å². The van der Waals surface area contributed by atoms with Gasteiger partial charge in [-0.2, -0.15) is 0 Å². The van der Waals surface area contributed by atoms with Crippen molar-refractivity contribution in [2.75, 3.05) is 13.7 Å². The fraction of sp³-hybridized carbons (Fsp3) is 0.250. The maximum atomic E-state index is 12.2. The van der Waals surface area contributed by atoms with E-state index in [-0.39, 0.29) is 24.3 Å². The summed E-state index contributed by atoms with van der Waals surface area (Å²) in [6.07, 6.45) is 1.30. The van der Waals surface area contributed by atoms with Crippen molar-refractivity contribution >= 4 is 11.7 Å². The van der Waals surface area contributed by atoms with Gasteiger partial charge in [-0.25, -0.2) is 0 Å². The Hall–Kier alpha value is -2.96. The number of likely N-dealkylation sites (N-methyl/N-ethyl adjacent to an activating group) is 1. The highest BCUT2D eigenvalue weighted by molar-refractivity contribution is 5.78. The molecule has 23 heavy (non-hydrogen) atoms. The van der Waals surface area contributed by atoms with E-state index in [1.165, 1.54) is 23.2 Å². The predicted octanol–water partition coefficient (Wildman–Crippen LogP) is 2.59. The first kappa shape index (κ1) is 16.4. The van der Waals surface area contributed by atoms with Gasteiger partial charge in [0.25, 0.3) is 5.91 Å². The number of pyridine rings is 1. The molecule has 1 aromatic heterocycles. The minimum Gasteiger partial charge on any atom is -0.476 e. The highest BCUT2D eigenvalue weighted by Gasteiger charge is 2.20. The van der Waals surface area contributed by atoms with E-state index in [4.69, 9.17) is 4.74 Å². The van der Waals surface area contributed by atoms with Crippen molar-refractivity contribution in [2.24, 2.45) is 0 Å². The van der Waals surface area contributed by atoms with Gasteiger partial charge in [0.05, 0.1) is 6.04 Å². The Bertz CT molecular complexity index is 691. The van der Waals surface area contributed by atoms with Gasteiger partial charge in [-0.1, -0.05) is 30.3 Å². The number of carbonyl (C=O) groups excluding carboxylic acids is 1. The number of aromatic nitrogens is 1. The molecule has 7 nitrogen and oxygen atoms in total. The third kappa shape index (κ3) is 4.03. The fourth-order valence-corrected chi connectivity index (χ4v) is 2.04. The van der Waals surface area contributed by atoms with Gasteiger partial charge in [0.1, 0.15) is 6.20 Å². The van der Waals surface area contributed by atoms with Gasteiger partial charge >= 0.3 is 5.82 Å². The first-order chi connectivity index (χ1) is 11.0. The average molecular weight is 315 g/mol. The maximum absolute atomic E-state index is 12.2. The summed E-state index contributed by atoms with van der Waals surface area (Å²) in [7, 11) is 1.67. The second-order valence-electron chi connectivity index (χ2n) is 4.96. The zero-order chi connectivity index (χ0) is 16.8. The molecule has 1 aromatic carbocycles. The molecular formula is C16H17N3O4. The van der Waals surface area contributed by atoms with E-state index in [1.54, 1.807) is 7.05 Å². The lowest BCUT2D eigenvalue weighted by Gasteiger charge is -2.25. The summed E-state index contributed by atoms with van der Waals surface area (Å²) >= 11 is 0. The summed E-state index contributed by atoms with van der Waals surface area (Å²) in [5.41, 5.74) is 0.996. The molecule has 1 amide bonds. The molecule has 0 spiro atoms. The molecule has 0 N–H and O–H groups in total. The Morgan fingerprint density at radius 3 is 2.65 bits per heavy atom. The number of benzene rings is 1. The summed E-state index contributed by atoms with van der Waals surface area (Å²) in [6.45, 7) is 1.61. The van der Waals surface area contributed by atoms with Crippen LogP contribution in [0.15, 0.2) is 48.7 Å². The number of nitrogens with zero attached hydrogens (tertiary/aromatic N) is 3. The monoisotopic (exact) mass is 315 g/mol. The van der Waals surface area contributed by atoms with E-state index in [0.717, 1.165) is 5.56 Å². The standard InChI is InChI=1S/C16H17N3O4/c1-12(13-7-4-3-5-8-13)18(2)15(20)11-23-14-9-6-10-17-16(14)19(21)22/h3-10,12H,11H2,1-2H3. The number of rotatable bonds is 6. The van der Waals surface area contributed by atoms with Crippen LogP contribution in [0.25, 0.3) is 0 Å². The largest absolute Gasteiger partial charge is 0.476 e. The van der Waals surface area contributed by atoms with Crippen LogP contribution in [0.2, 0.25) is 0 Å². The quantitative estimate of drug-likeness (QED) is 0.604. The molecule has 2 rings (SSSR count). The highest BCUT2D eigenvalue weighted by atomic mass is 16.6. The van der Waals surface area contributed by atoms with Gasteiger partial charge < -0.3 is 19.8 Å². The third-order valence-electron chi connectivity index (χ3n) is 3.53. The molecule has 1 atom stereocenters. The van der Waals surface area contributed by atoms with E-state index >= 15 is 0 Å². The van der Waals surface area contributed by atoms with Crippen LogP contribution in [0, 0.1) is 10.1 Å². The minimum absolute atomic E-state index is 0.0217. The zero-order valence-corrected chi connectivity index (χ0v) is 12.9. The molecule has 0 saturated heterocycles. The first-order valence-electron chi connectivity index (χ1n) is 7.03. The lowest BCUT2D eigenvalue weighted by molar-refractivity contribution is -0.390. The molecule has 2 aromatic rings. The third-order valence-corrected chi connectivity index (χ3v) is 3.53. The minimum atomic E-state index is -0.643. The fourth-order valence-electron chi connectivity index (χ4n) is 2.04. The van der Waals surface area contributed by atoms with Crippen molar-refractivity contribution in [1.82, 2.24) is 9.88 Å². The Kier molecular flexibility index (Phi) is 5.24. The smallest absolute Gasteiger partial charge is 0.406 e. The molecular weight excluding hydrogens is 298 g/mol. The van der Waals surface area contributed by atoms with E-state index < -0.39 is 10.7 Å². The van der Waals surface area contributed by atoms with Crippen molar-refractivity contribution in [3.8, 4) is 5.75 Å². The van der Waals surface area contributed by atoms with Gasteiger partial charge in [-0.05, 0) is 34.5 Å². The number of amides is 1. The summed E-state index contributed by atoms with van der Waals surface area (Å²) in [5, 5.41) is 10.9. The molecule has 0 radical (unpaired) electrons. The number of ether oxygens (including phenoxy) is 1. The van der Waals surface area contributed by atoms with Crippen molar-refractivity contribution in [1.29, 1.82) is 0 Å². The molecule has 120 valence electrons. The van der Waals surface area contributed by atoms with Crippen molar-refractivity contribution in [3.63, 3.8) is 0 Å². The molecule has 0 fully saturated rings. The summed E-state index contributed by atoms with van der Waals surface area (Å²) in [6, 6.07) is 12.4. The second kappa shape index (κ2) is 7.35. The van der Waals surface area contributed by atoms with E-state index in [0.29, 0.717) is 0 Å². The van der Waals surface area contributed by atoms with E-state index in [9.17, 15) is 14.9 Å². The van der Waals surface area contributed by atoms with Crippen LogP contribution >= 0.6 is 0 Å². The number of hydrogen-bond acceptors (Lipinski definition) is 5. The highest BCUT2D eigenvalue weighted by Crippen LogP contribution is 2.23. The number of carbonyl (C=O) groups is 1. The van der Waals surface area contributed by atoms with E-state index in [1.807, 2.05) is 37.3 Å². The molecule has 0 bridgehead atoms. The van der Waals surface area contributed by atoms with Crippen LogP contribution in [0.4, 0.5) is 5.82 Å². The molecule has 0 aliphatic carbocycles. The molecule has 0 aliphatic heterocycles. The van der Waals surface area contributed by atoms with Crippen LogP contribution < -0.4 is 4.74 Å². The summed E-state index contributed by atoms with van der Waals surface area (Å²) in [5.74, 6) is -0.704. The Balaban J connectivity index is 2.01. The average Bonchev–Trinajstić information content (AvgIpc) is 2.59.